The molecule has 0 saturated carbocycles. The fourth-order valence-corrected chi connectivity index (χ4v) is 0.523. The van der Waals surface area contributed by atoms with Crippen LogP contribution in [0.2, 0.25) is 0 Å². The molecule has 0 aromatic rings. The van der Waals surface area contributed by atoms with Crippen LogP contribution in [0.1, 0.15) is 6.92 Å². The van der Waals surface area contributed by atoms with E-state index in [0.717, 1.165) is 0 Å². The average molecular weight is 120 g/mol. The first-order chi connectivity index (χ1) is 3.18. The maximum absolute atomic E-state index is 10.4. The number of hydrogen-bond acceptors (Lipinski definition) is 2. The van der Waals surface area contributed by atoms with Crippen LogP contribution in [0, 0.1) is 0 Å². The lowest BCUT2D eigenvalue weighted by molar-refractivity contribution is 0.420. The molecular weight excluding hydrogens is 111 g/mol. The Morgan fingerprint density at radius 3 is 2.29 bits per heavy atom. The minimum atomic E-state index is -1.89. The van der Waals surface area contributed by atoms with E-state index in [-0.39, 0.29) is 0 Å². The first kappa shape index (κ1) is 6.93. The summed E-state index contributed by atoms with van der Waals surface area (Å²) in [5.41, 5.74) is 0. The lowest BCUT2D eigenvalue weighted by Crippen LogP contribution is -1.64. The quantitative estimate of drug-likeness (QED) is 0.518. The largest absolute Gasteiger partial charge is 0.331 e. The predicted molar refractivity (Wildman–Crippen MR) is 30.8 cm³/mol. The van der Waals surface area contributed by atoms with Crippen LogP contribution >= 0.6 is 8.03 Å². The zero-order chi connectivity index (χ0) is 5.86. The van der Waals surface area contributed by atoms with E-state index >= 15 is 0 Å². The Bertz CT molecular complexity index is 97.9. The van der Waals surface area contributed by atoms with Crippen LogP contribution < -0.4 is 0 Å². The molecule has 1 unspecified atom stereocenters. The molecule has 0 aliphatic rings. The first-order valence-electron chi connectivity index (χ1n) is 1.92. The number of hydrogen-bond donors (Lipinski definition) is 0. The second-order valence-electron chi connectivity index (χ2n) is 1.27. The fraction of sp³-hybridized carbons (Fsp3) is 0.500. The van der Waals surface area contributed by atoms with E-state index in [1.165, 1.54) is 7.11 Å². The molecule has 0 fully saturated rings. The van der Waals surface area contributed by atoms with Crippen molar-refractivity contribution in [2.24, 2.45) is 0 Å². The van der Waals surface area contributed by atoms with Crippen molar-refractivity contribution in [1.29, 1.82) is 0 Å². The van der Waals surface area contributed by atoms with Gasteiger partial charge in [-0.3, -0.25) is 4.57 Å². The third kappa shape index (κ3) is 2.60. The van der Waals surface area contributed by atoms with Gasteiger partial charge in [-0.2, -0.15) is 0 Å². The molecule has 42 valence electrons. The molecule has 0 amide bonds. The molecule has 0 aromatic heterocycles. The minimum Gasteiger partial charge on any atom is -0.331 e. The Morgan fingerprint density at radius 1 is 1.86 bits per heavy atom. The molecule has 2 nitrogen and oxygen atoms in total. The molecular formula is C4H9O2P. The standard InChI is InChI=1S/C4H9O2P/c1-4(2)7(5)6-3/h7H,1H2,2-3H3. The summed E-state index contributed by atoms with van der Waals surface area (Å²) < 4.78 is 14.8. The SMILES string of the molecule is C=C(C)[PH](=O)OC. The Balaban J connectivity index is 3.58. The zero-order valence-corrected chi connectivity index (χ0v) is 5.52. The van der Waals surface area contributed by atoms with E-state index in [4.69, 9.17) is 0 Å². The van der Waals surface area contributed by atoms with Gasteiger partial charge < -0.3 is 4.52 Å². The van der Waals surface area contributed by atoms with Crippen LogP contribution in [0.5, 0.6) is 0 Å². The van der Waals surface area contributed by atoms with Crippen molar-refractivity contribution < 1.29 is 9.09 Å². The summed E-state index contributed by atoms with van der Waals surface area (Å²) in [5, 5.41) is 0.618. The maximum atomic E-state index is 10.4. The van der Waals surface area contributed by atoms with Gasteiger partial charge in [0, 0.05) is 12.4 Å². The van der Waals surface area contributed by atoms with Crippen LogP contribution in [0.3, 0.4) is 0 Å². The fourth-order valence-electron chi connectivity index (χ4n) is 0.174. The molecule has 0 aliphatic carbocycles. The lowest BCUT2D eigenvalue weighted by atomic mass is 10.8. The minimum absolute atomic E-state index is 0.618. The van der Waals surface area contributed by atoms with Crippen molar-refractivity contribution in [3.63, 3.8) is 0 Å². The highest BCUT2D eigenvalue weighted by atomic mass is 31.1. The number of allylic oxidation sites excluding steroid dienone is 1. The summed E-state index contributed by atoms with van der Waals surface area (Å²) in [5.74, 6) is 0. The highest BCUT2D eigenvalue weighted by molar-refractivity contribution is 7.44. The van der Waals surface area contributed by atoms with Crippen molar-refractivity contribution in [2.75, 3.05) is 7.11 Å². The molecule has 0 radical (unpaired) electrons. The second kappa shape index (κ2) is 3.00. The van der Waals surface area contributed by atoms with E-state index in [1.54, 1.807) is 6.92 Å². The normalized spacial score (nSPS) is 13.4. The Labute approximate surface area is 44.0 Å². The topological polar surface area (TPSA) is 26.3 Å². The summed E-state index contributed by atoms with van der Waals surface area (Å²) in [6.45, 7) is 5.12. The summed E-state index contributed by atoms with van der Waals surface area (Å²) >= 11 is 0. The van der Waals surface area contributed by atoms with Gasteiger partial charge >= 0.3 is 0 Å². The predicted octanol–water partition coefficient (Wildman–Crippen LogP) is 1.64. The van der Waals surface area contributed by atoms with Gasteiger partial charge in [0.05, 0.1) is 0 Å². The highest BCUT2D eigenvalue weighted by Crippen LogP contribution is 2.29. The van der Waals surface area contributed by atoms with Crippen LogP contribution in [-0.2, 0) is 9.09 Å². The van der Waals surface area contributed by atoms with E-state index < -0.39 is 8.03 Å². The Hall–Kier alpha value is -0.0700. The summed E-state index contributed by atoms with van der Waals surface area (Å²) in [6, 6.07) is 0. The van der Waals surface area contributed by atoms with Gasteiger partial charge in [0.25, 0.3) is 0 Å². The second-order valence-corrected chi connectivity index (χ2v) is 3.11. The first-order valence-corrected chi connectivity index (χ1v) is 3.24. The monoisotopic (exact) mass is 120 g/mol. The molecule has 0 aromatic carbocycles. The average Bonchev–Trinajstić information content (AvgIpc) is 1.65. The maximum Gasteiger partial charge on any atom is 0.215 e. The molecule has 0 bridgehead atoms. The van der Waals surface area contributed by atoms with Crippen molar-refractivity contribution in [3.05, 3.63) is 11.9 Å². The summed E-state index contributed by atoms with van der Waals surface area (Å²) in [6.07, 6.45) is 0. The van der Waals surface area contributed by atoms with Crippen LogP contribution in [0.15, 0.2) is 11.9 Å². The highest BCUT2D eigenvalue weighted by Gasteiger charge is 1.91. The van der Waals surface area contributed by atoms with Gasteiger partial charge in [0.15, 0.2) is 0 Å². The third-order valence-electron chi connectivity index (χ3n) is 0.534. The van der Waals surface area contributed by atoms with E-state index in [2.05, 4.69) is 11.1 Å². The van der Waals surface area contributed by atoms with E-state index in [1.807, 2.05) is 0 Å². The van der Waals surface area contributed by atoms with Gasteiger partial charge in [0.2, 0.25) is 8.03 Å². The molecule has 0 aliphatic heterocycles. The molecule has 0 heterocycles. The molecule has 0 saturated heterocycles. The Kier molecular flexibility index (Phi) is 2.97. The summed E-state index contributed by atoms with van der Waals surface area (Å²) in [7, 11) is -0.478. The smallest absolute Gasteiger partial charge is 0.215 e. The van der Waals surface area contributed by atoms with Crippen molar-refractivity contribution in [3.8, 4) is 0 Å². The van der Waals surface area contributed by atoms with Crippen LogP contribution in [0.25, 0.3) is 0 Å². The molecule has 3 heteroatoms. The molecule has 7 heavy (non-hydrogen) atoms. The van der Waals surface area contributed by atoms with Gasteiger partial charge in [-0.1, -0.05) is 6.58 Å². The Morgan fingerprint density at radius 2 is 2.29 bits per heavy atom. The van der Waals surface area contributed by atoms with E-state index in [9.17, 15) is 4.57 Å². The molecule has 0 rings (SSSR count). The molecule has 1 atom stereocenters. The van der Waals surface area contributed by atoms with Gasteiger partial charge in [0.1, 0.15) is 0 Å². The third-order valence-corrected chi connectivity index (χ3v) is 1.60. The zero-order valence-electron chi connectivity index (χ0n) is 4.52. The van der Waals surface area contributed by atoms with Gasteiger partial charge in [-0.25, -0.2) is 0 Å². The number of rotatable bonds is 2. The van der Waals surface area contributed by atoms with Crippen molar-refractivity contribution in [2.45, 2.75) is 6.92 Å². The van der Waals surface area contributed by atoms with Crippen LogP contribution in [-0.4, -0.2) is 7.11 Å². The van der Waals surface area contributed by atoms with Crippen molar-refractivity contribution in [1.82, 2.24) is 0 Å². The van der Waals surface area contributed by atoms with Gasteiger partial charge in [-0.05, 0) is 6.92 Å². The van der Waals surface area contributed by atoms with Crippen LogP contribution in [0.4, 0.5) is 0 Å². The van der Waals surface area contributed by atoms with Gasteiger partial charge in [-0.15, -0.1) is 0 Å². The molecule has 0 spiro atoms. The summed E-state index contributed by atoms with van der Waals surface area (Å²) in [4.78, 5) is 0. The lowest BCUT2D eigenvalue weighted by Gasteiger charge is -1.92. The van der Waals surface area contributed by atoms with Crippen molar-refractivity contribution >= 4 is 8.03 Å². The van der Waals surface area contributed by atoms with E-state index in [0.29, 0.717) is 5.31 Å². The molecule has 0 N–H and O–H groups in total.